The second kappa shape index (κ2) is 5.11. The molecule has 5 nitrogen and oxygen atoms in total. The van der Waals surface area contributed by atoms with Crippen LogP contribution in [0.1, 0.15) is 39.0 Å². The molecule has 1 aliphatic carbocycles. The fourth-order valence-electron chi connectivity index (χ4n) is 2.44. The molecule has 0 bridgehead atoms. The third-order valence-electron chi connectivity index (χ3n) is 3.68. The van der Waals surface area contributed by atoms with Crippen molar-refractivity contribution in [3.63, 3.8) is 0 Å². The number of hydrogen-bond donors (Lipinski definition) is 0. The number of carbonyl (C=O) groups excluding carboxylic acids is 1. The lowest BCUT2D eigenvalue weighted by Crippen LogP contribution is -2.40. The van der Waals surface area contributed by atoms with Crippen LogP contribution in [0.4, 0.5) is 0 Å². The molecule has 0 saturated heterocycles. The maximum atomic E-state index is 12.3. The minimum Gasteiger partial charge on any atom is -0.297 e. The van der Waals surface area contributed by atoms with Gasteiger partial charge in [-0.25, -0.2) is 4.79 Å². The van der Waals surface area contributed by atoms with Crippen LogP contribution in [0, 0.1) is 13.8 Å². The smallest absolute Gasteiger partial charge is 0.297 e. The summed E-state index contributed by atoms with van der Waals surface area (Å²) in [4.78, 5) is 38.5. The number of thiophene rings is 1. The van der Waals surface area contributed by atoms with Crippen LogP contribution in [0.15, 0.2) is 27.9 Å². The highest BCUT2D eigenvalue weighted by molar-refractivity contribution is 7.12. The monoisotopic (exact) mass is 304 g/mol. The van der Waals surface area contributed by atoms with Crippen LogP contribution >= 0.6 is 11.3 Å². The number of carbonyl (C=O) groups is 1. The van der Waals surface area contributed by atoms with Gasteiger partial charge in [-0.1, -0.05) is 0 Å². The summed E-state index contributed by atoms with van der Waals surface area (Å²) in [6.45, 7) is 3.62. The van der Waals surface area contributed by atoms with Crippen molar-refractivity contribution in [2.45, 2.75) is 39.3 Å². The summed E-state index contributed by atoms with van der Waals surface area (Å²) in [6, 6.07) is 3.36. The fraction of sp³-hybridized carbons (Fsp3) is 0.400. The normalized spacial score (nSPS) is 14.4. The zero-order valence-electron chi connectivity index (χ0n) is 12.0. The van der Waals surface area contributed by atoms with Crippen molar-refractivity contribution in [1.82, 2.24) is 9.13 Å². The van der Waals surface area contributed by atoms with Crippen molar-refractivity contribution >= 4 is 17.1 Å². The molecule has 3 rings (SSSR count). The SMILES string of the molecule is Cc1cc(C(=O)Cn2c(=O)ccn(C3CC3)c2=O)c(C)s1. The van der Waals surface area contributed by atoms with Gasteiger partial charge in [-0.2, -0.15) is 0 Å². The van der Waals surface area contributed by atoms with E-state index < -0.39 is 5.56 Å². The van der Waals surface area contributed by atoms with E-state index >= 15 is 0 Å². The predicted octanol–water partition coefficient (Wildman–Crippen LogP) is 1.91. The van der Waals surface area contributed by atoms with Crippen molar-refractivity contribution in [2.75, 3.05) is 0 Å². The van der Waals surface area contributed by atoms with Crippen LogP contribution in [-0.2, 0) is 6.54 Å². The summed E-state index contributed by atoms with van der Waals surface area (Å²) in [5.41, 5.74) is -0.205. The molecule has 0 spiro atoms. The van der Waals surface area contributed by atoms with E-state index in [1.54, 1.807) is 15.9 Å². The van der Waals surface area contributed by atoms with E-state index in [0.717, 1.165) is 27.2 Å². The largest absolute Gasteiger partial charge is 0.331 e. The zero-order valence-corrected chi connectivity index (χ0v) is 12.8. The lowest BCUT2D eigenvalue weighted by molar-refractivity contribution is 0.0968. The first-order chi connectivity index (χ1) is 9.97. The highest BCUT2D eigenvalue weighted by Crippen LogP contribution is 2.32. The first-order valence-electron chi connectivity index (χ1n) is 6.89. The van der Waals surface area contributed by atoms with Gasteiger partial charge >= 0.3 is 5.69 Å². The molecule has 0 aliphatic heterocycles. The molecule has 2 aromatic rings. The molecule has 1 saturated carbocycles. The molecule has 0 unspecified atom stereocenters. The molecule has 2 aromatic heterocycles. The van der Waals surface area contributed by atoms with Crippen LogP contribution in [0.3, 0.4) is 0 Å². The highest BCUT2D eigenvalue weighted by atomic mass is 32.1. The molecule has 21 heavy (non-hydrogen) atoms. The number of aromatic nitrogens is 2. The van der Waals surface area contributed by atoms with Crippen molar-refractivity contribution in [3.05, 3.63) is 54.5 Å². The van der Waals surface area contributed by atoms with E-state index in [1.165, 1.54) is 12.3 Å². The second-order valence-corrected chi connectivity index (χ2v) is 6.87. The van der Waals surface area contributed by atoms with Crippen molar-refractivity contribution in [2.24, 2.45) is 0 Å². The van der Waals surface area contributed by atoms with Gasteiger partial charge in [-0.05, 0) is 32.8 Å². The van der Waals surface area contributed by atoms with E-state index in [0.29, 0.717) is 5.56 Å². The average molecular weight is 304 g/mol. The van der Waals surface area contributed by atoms with Crippen LogP contribution in [-0.4, -0.2) is 14.9 Å². The third-order valence-corrected chi connectivity index (χ3v) is 4.64. The molecular weight excluding hydrogens is 288 g/mol. The Kier molecular flexibility index (Phi) is 3.41. The topological polar surface area (TPSA) is 61.1 Å². The van der Waals surface area contributed by atoms with Crippen LogP contribution in [0.5, 0.6) is 0 Å². The van der Waals surface area contributed by atoms with Crippen LogP contribution in [0.2, 0.25) is 0 Å². The maximum absolute atomic E-state index is 12.3. The average Bonchev–Trinajstić information content (AvgIpc) is 3.19. The van der Waals surface area contributed by atoms with Crippen molar-refractivity contribution in [1.29, 1.82) is 0 Å². The molecular formula is C15H16N2O3S. The van der Waals surface area contributed by atoms with Gasteiger partial charge in [-0.3, -0.25) is 18.7 Å². The Morgan fingerprint density at radius 1 is 1.33 bits per heavy atom. The Balaban J connectivity index is 1.96. The minimum atomic E-state index is -0.421. The molecule has 0 amide bonds. The molecule has 2 heterocycles. The zero-order chi connectivity index (χ0) is 15.1. The van der Waals surface area contributed by atoms with Crippen molar-refractivity contribution < 1.29 is 4.79 Å². The van der Waals surface area contributed by atoms with Crippen LogP contribution < -0.4 is 11.2 Å². The fourth-order valence-corrected chi connectivity index (χ4v) is 3.39. The minimum absolute atomic E-state index is 0.185. The summed E-state index contributed by atoms with van der Waals surface area (Å²) in [7, 11) is 0. The van der Waals surface area contributed by atoms with Gasteiger partial charge in [-0.15, -0.1) is 11.3 Å². The lowest BCUT2D eigenvalue weighted by atomic mass is 10.1. The Morgan fingerprint density at radius 2 is 2.05 bits per heavy atom. The van der Waals surface area contributed by atoms with Crippen molar-refractivity contribution in [3.8, 4) is 0 Å². The van der Waals surface area contributed by atoms with Gasteiger partial charge in [0.25, 0.3) is 5.56 Å². The van der Waals surface area contributed by atoms with E-state index in [-0.39, 0.29) is 24.1 Å². The number of ketones is 1. The van der Waals surface area contributed by atoms with E-state index in [9.17, 15) is 14.4 Å². The second-order valence-electron chi connectivity index (χ2n) is 5.41. The molecule has 0 N–H and O–H groups in total. The molecule has 0 atom stereocenters. The Labute approximate surface area is 125 Å². The molecule has 6 heteroatoms. The third kappa shape index (κ3) is 2.63. The van der Waals surface area contributed by atoms with Gasteiger partial charge in [0.2, 0.25) is 0 Å². The number of nitrogens with zero attached hydrogens (tertiary/aromatic N) is 2. The van der Waals surface area contributed by atoms with E-state index in [4.69, 9.17) is 0 Å². The molecule has 0 radical (unpaired) electrons. The van der Waals surface area contributed by atoms with E-state index in [1.807, 2.05) is 19.9 Å². The predicted molar refractivity (Wildman–Crippen MR) is 81.4 cm³/mol. The van der Waals surface area contributed by atoms with Gasteiger partial charge in [0, 0.05) is 33.6 Å². The summed E-state index contributed by atoms with van der Waals surface area (Å²) >= 11 is 1.54. The molecule has 0 aromatic carbocycles. The quantitative estimate of drug-likeness (QED) is 0.811. The highest BCUT2D eigenvalue weighted by Gasteiger charge is 2.26. The first kappa shape index (κ1) is 14.0. The number of hydrogen-bond acceptors (Lipinski definition) is 4. The van der Waals surface area contributed by atoms with Gasteiger partial charge in [0.1, 0.15) is 0 Å². The van der Waals surface area contributed by atoms with Gasteiger partial charge in [0.15, 0.2) is 5.78 Å². The molecule has 110 valence electrons. The number of aryl methyl sites for hydroxylation is 2. The van der Waals surface area contributed by atoms with Crippen LogP contribution in [0.25, 0.3) is 0 Å². The van der Waals surface area contributed by atoms with Gasteiger partial charge in [0.05, 0.1) is 6.54 Å². The Bertz CT molecular complexity index is 824. The Hall–Kier alpha value is -1.95. The van der Waals surface area contributed by atoms with Gasteiger partial charge < -0.3 is 0 Å². The Morgan fingerprint density at radius 3 is 2.62 bits per heavy atom. The summed E-state index contributed by atoms with van der Waals surface area (Å²) in [5.74, 6) is -0.190. The number of Topliss-reactive ketones (excluding diaryl/α,β-unsaturated/α-hetero) is 1. The summed E-state index contributed by atoms with van der Waals surface area (Å²) in [5, 5.41) is 0. The summed E-state index contributed by atoms with van der Waals surface area (Å²) < 4.78 is 2.59. The molecule has 1 aliphatic rings. The maximum Gasteiger partial charge on any atom is 0.331 e. The standard InChI is InChI=1S/C15H16N2O3S/c1-9-7-12(10(2)21-9)13(18)8-17-14(19)5-6-16(15(17)20)11-3-4-11/h5-7,11H,3-4,8H2,1-2H3. The molecule has 1 fully saturated rings. The lowest BCUT2D eigenvalue weighted by Gasteiger charge is -2.08. The van der Waals surface area contributed by atoms with E-state index in [2.05, 4.69) is 0 Å². The number of rotatable bonds is 4. The first-order valence-corrected chi connectivity index (χ1v) is 7.71. The summed E-state index contributed by atoms with van der Waals surface area (Å²) in [6.07, 6.45) is 3.44.